The highest BCUT2D eigenvalue weighted by molar-refractivity contribution is 5.79. The number of aliphatic imine (C=N–C) groups is 1. The Bertz CT molecular complexity index is 794. The van der Waals surface area contributed by atoms with Gasteiger partial charge in [-0.1, -0.05) is 36.4 Å². The smallest absolute Gasteiger partial charge is 0.191 e. The number of nitrogens with one attached hydrogen (secondary N) is 2. The zero-order chi connectivity index (χ0) is 20.5. The van der Waals surface area contributed by atoms with Gasteiger partial charge in [0, 0.05) is 32.7 Å². The summed E-state index contributed by atoms with van der Waals surface area (Å²) in [6.45, 7) is 6.27. The van der Waals surface area contributed by atoms with Gasteiger partial charge in [0.2, 0.25) is 0 Å². The van der Waals surface area contributed by atoms with E-state index in [0.29, 0.717) is 25.6 Å². The number of fused-ring (bicyclic) bond motifs is 1. The molecule has 156 valence electrons. The second-order valence-electron chi connectivity index (χ2n) is 7.43. The van der Waals surface area contributed by atoms with E-state index in [4.69, 9.17) is 0 Å². The molecule has 0 spiro atoms. The van der Waals surface area contributed by atoms with Crippen LogP contribution in [0, 0.1) is 5.82 Å². The molecule has 0 fully saturated rings. The van der Waals surface area contributed by atoms with Crippen LogP contribution in [-0.2, 0) is 19.4 Å². The summed E-state index contributed by atoms with van der Waals surface area (Å²) in [6, 6.07) is 15.1. The molecule has 0 radical (unpaired) electrons. The second-order valence-corrected chi connectivity index (χ2v) is 7.43. The Morgan fingerprint density at radius 3 is 2.66 bits per heavy atom. The summed E-state index contributed by atoms with van der Waals surface area (Å²) < 4.78 is 13.0. The van der Waals surface area contributed by atoms with Gasteiger partial charge in [-0.05, 0) is 48.6 Å². The van der Waals surface area contributed by atoms with Crippen molar-refractivity contribution < 1.29 is 9.50 Å². The van der Waals surface area contributed by atoms with Crippen LogP contribution in [0.15, 0.2) is 53.5 Å². The van der Waals surface area contributed by atoms with Gasteiger partial charge in [0.05, 0.1) is 12.6 Å². The van der Waals surface area contributed by atoms with Gasteiger partial charge in [-0.15, -0.1) is 0 Å². The van der Waals surface area contributed by atoms with Gasteiger partial charge >= 0.3 is 0 Å². The van der Waals surface area contributed by atoms with Crippen molar-refractivity contribution in [3.8, 4) is 0 Å². The lowest BCUT2D eigenvalue weighted by Gasteiger charge is -2.30. The van der Waals surface area contributed by atoms with Gasteiger partial charge < -0.3 is 15.7 Å². The van der Waals surface area contributed by atoms with Crippen molar-refractivity contribution in [2.45, 2.75) is 32.4 Å². The van der Waals surface area contributed by atoms with Crippen molar-refractivity contribution in [1.29, 1.82) is 0 Å². The Hall–Kier alpha value is -2.44. The Morgan fingerprint density at radius 2 is 1.90 bits per heavy atom. The highest BCUT2D eigenvalue weighted by Gasteiger charge is 2.18. The first-order chi connectivity index (χ1) is 14.1. The molecule has 5 nitrogen and oxygen atoms in total. The molecular weight excluding hydrogens is 367 g/mol. The third-order valence-corrected chi connectivity index (χ3v) is 5.10. The maximum Gasteiger partial charge on any atom is 0.191 e. The molecule has 0 aliphatic carbocycles. The quantitative estimate of drug-likeness (QED) is 0.472. The van der Waals surface area contributed by atoms with E-state index in [1.165, 1.54) is 23.3 Å². The third-order valence-electron chi connectivity index (χ3n) is 5.10. The van der Waals surface area contributed by atoms with E-state index >= 15 is 0 Å². The minimum absolute atomic E-state index is 0.220. The predicted molar refractivity (Wildman–Crippen MR) is 116 cm³/mol. The molecule has 1 aliphatic heterocycles. The summed E-state index contributed by atoms with van der Waals surface area (Å²) in [5.74, 6) is 0.473. The summed E-state index contributed by atoms with van der Waals surface area (Å²) in [4.78, 5) is 6.82. The summed E-state index contributed by atoms with van der Waals surface area (Å²) in [5, 5.41) is 16.9. The van der Waals surface area contributed by atoms with Gasteiger partial charge in [-0.25, -0.2) is 4.39 Å². The maximum atomic E-state index is 13.0. The van der Waals surface area contributed by atoms with Crippen LogP contribution in [0.1, 0.15) is 23.6 Å². The van der Waals surface area contributed by atoms with Crippen molar-refractivity contribution in [3.05, 3.63) is 71.0 Å². The van der Waals surface area contributed by atoms with E-state index in [2.05, 4.69) is 44.8 Å². The largest absolute Gasteiger partial charge is 0.390 e. The first kappa shape index (κ1) is 21.3. The minimum atomic E-state index is -0.507. The van der Waals surface area contributed by atoms with E-state index in [-0.39, 0.29) is 5.82 Å². The molecule has 0 saturated carbocycles. The molecule has 0 amide bonds. The zero-order valence-corrected chi connectivity index (χ0v) is 17.1. The molecule has 0 bridgehead atoms. The highest BCUT2D eigenvalue weighted by atomic mass is 19.1. The van der Waals surface area contributed by atoms with Crippen LogP contribution in [0.4, 0.5) is 4.39 Å². The normalized spacial score (nSPS) is 15.6. The highest BCUT2D eigenvalue weighted by Crippen LogP contribution is 2.18. The van der Waals surface area contributed by atoms with E-state index in [0.717, 1.165) is 38.0 Å². The van der Waals surface area contributed by atoms with Crippen LogP contribution in [0.25, 0.3) is 0 Å². The fourth-order valence-electron chi connectivity index (χ4n) is 3.58. The summed E-state index contributed by atoms with van der Waals surface area (Å²) in [6.07, 6.45) is 1.30. The Kier molecular flexibility index (Phi) is 8.02. The standard InChI is InChI=1S/C23H31FN4O/c1-2-25-23(26-13-11-18-7-9-21(24)10-8-18)27-15-22(29)17-28-14-12-19-5-3-4-6-20(19)16-28/h3-10,22,29H,2,11-17H2,1H3,(H2,25,26,27). The van der Waals surface area contributed by atoms with Crippen molar-refractivity contribution in [3.63, 3.8) is 0 Å². The fraction of sp³-hybridized carbons (Fsp3) is 0.435. The van der Waals surface area contributed by atoms with Gasteiger partial charge in [0.1, 0.15) is 5.82 Å². The number of aliphatic hydroxyl groups is 1. The average molecular weight is 399 g/mol. The van der Waals surface area contributed by atoms with Crippen LogP contribution in [0.5, 0.6) is 0 Å². The van der Waals surface area contributed by atoms with E-state index < -0.39 is 6.10 Å². The molecule has 1 aliphatic rings. The molecule has 0 saturated heterocycles. The van der Waals surface area contributed by atoms with Gasteiger partial charge in [-0.2, -0.15) is 0 Å². The Labute approximate surface area is 172 Å². The average Bonchev–Trinajstić information content (AvgIpc) is 2.73. The molecule has 6 heteroatoms. The van der Waals surface area contributed by atoms with Gasteiger partial charge in [0.15, 0.2) is 5.96 Å². The maximum absolute atomic E-state index is 13.0. The lowest BCUT2D eigenvalue weighted by molar-refractivity contribution is 0.111. The van der Waals surface area contributed by atoms with Crippen molar-refractivity contribution in [1.82, 2.24) is 15.5 Å². The molecule has 1 heterocycles. The van der Waals surface area contributed by atoms with Crippen LogP contribution in [0.2, 0.25) is 0 Å². The van der Waals surface area contributed by atoms with E-state index in [1.54, 1.807) is 12.1 Å². The first-order valence-corrected chi connectivity index (χ1v) is 10.4. The SMILES string of the molecule is CCNC(=NCC(O)CN1CCc2ccccc2C1)NCCc1ccc(F)cc1. The lowest BCUT2D eigenvalue weighted by Crippen LogP contribution is -2.40. The third kappa shape index (κ3) is 6.84. The molecule has 29 heavy (non-hydrogen) atoms. The molecule has 1 atom stereocenters. The monoisotopic (exact) mass is 398 g/mol. The molecule has 0 aromatic heterocycles. The Balaban J connectivity index is 1.44. The number of hydrogen-bond acceptors (Lipinski definition) is 3. The number of aliphatic hydroxyl groups excluding tert-OH is 1. The number of halogens is 1. The van der Waals surface area contributed by atoms with E-state index in [1.807, 2.05) is 6.92 Å². The van der Waals surface area contributed by atoms with Gasteiger partial charge in [0.25, 0.3) is 0 Å². The van der Waals surface area contributed by atoms with E-state index in [9.17, 15) is 9.50 Å². The molecule has 3 N–H and O–H groups in total. The number of guanidine groups is 1. The molecule has 2 aromatic carbocycles. The molecule has 2 aromatic rings. The molecule has 1 unspecified atom stereocenters. The van der Waals surface area contributed by atoms with Crippen LogP contribution < -0.4 is 10.6 Å². The lowest BCUT2D eigenvalue weighted by atomic mass is 10.00. The van der Waals surface area contributed by atoms with Crippen LogP contribution in [-0.4, -0.2) is 54.8 Å². The fourth-order valence-corrected chi connectivity index (χ4v) is 3.58. The number of nitrogens with zero attached hydrogens (tertiary/aromatic N) is 2. The van der Waals surface area contributed by atoms with Gasteiger partial charge in [-0.3, -0.25) is 9.89 Å². The molecular formula is C23H31FN4O. The van der Waals surface area contributed by atoms with Crippen molar-refractivity contribution in [2.75, 3.05) is 32.7 Å². The van der Waals surface area contributed by atoms with Crippen molar-refractivity contribution in [2.24, 2.45) is 4.99 Å². The predicted octanol–water partition coefficient (Wildman–Crippen LogP) is 2.34. The van der Waals surface area contributed by atoms with Crippen LogP contribution >= 0.6 is 0 Å². The topological polar surface area (TPSA) is 59.9 Å². The van der Waals surface area contributed by atoms with Crippen molar-refractivity contribution >= 4 is 5.96 Å². The Morgan fingerprint density at radius 1 is 1.14 bits per heavy atom. The summed E-state index contributed by atoms with van der Waals surface area (Å²) in [7, 11) is 0. The minimum Gasteiger partial charge on any atom is -0.390 e. The zero-order valence-electron chi connectivity index (χ0n) is 17.1. The van der Waals surface area contributed by atoms with Crippen LogP contribution in [0.3, 0.4) is 0 Å². The number of β-amino-alcohol motifs (C(OH)–C–C–N with tert-alkyl or cyclic N) is 1. The summed E-state index contributed by atoms with van der Waals surface area (Å²) in [5.41, 5.74) is 3.83. The second kappa shape index (κ2) is 10.9. The molecule has 3 rings (SSSR count). The number of benzene rings is 2. The summed E-state index contributed by atoms with van der Waals surface area (Å²) >= 11 is 0. The number of rotatable bonds is 8. The first-order valence-electron chi connectivity index (χ1n) is 10.4. The number of hydrogen-bond donors (Lipinski definition) is 3.